The minimum Gasteiger partial charge on any atom is -0.457 e. The standard InChI is InChI=1S/C37H23NO2/c1-4-14-26-23(11-1)24-12-2-5-15-27(24)37(26)28-16-6-8-20-32(28)40-34-22-10-18-30(36(34)37)38-29-17-9-21-33-35(29)25-13-3-7-19-31(25)39-33/h1-22,38H. The second-order valence-electron chi connectivity index (χ2n) is 10.5. The molecule has 1 aromatic heterocycles. The van der Waals surface area contributed by atoms with Crippen LogP contribution in [0.15, 0.2) is 138 Å². The summed E-state index contributed by atoms with van der Waals surface area (Å²) in [6, 6.07) is 46.9. The molecule has 0 saturated heterocycles. The summed E-state index contributed by atoms with van der Waals surface area (Å²) in [5, 5.41) is 6.03. The normalized spacial score (nSPS) is 13.9. The van der Waals surface area contributed by atoms with E-state index in [1.165, 1.54) is 22.3 Å². The minimum absolute atomic E-state index is 0.534. The molecule has 0 radical (unpaired) electrons. The molecular weight excluding hydrogens is 490 g/mol. The molecule has 0 fully saturated rings. The van der Waals surface area contributed by atoms with Crippen molar-refractivity contribution in [2.24, 2.45) is 0 Å². The molecule has 0 unspecified atom stereocenters. The fraction of sp³-hybridized carbons (Fsp3) is 0.0270. The van der Waals surface area contributed by atoms with E-state index in [4.69, 9.17) is 9.15 Å². The van der Waals surface area contributed by atoms with E-state index in [-0.39, 0.29) is 0 Å². The smallest absolute Gasteiger partial charge is 0.137 e. The maximum Gasteiger partial charge on any atom is 0.137 e. The summed E-state index contributed by atoms with van der Waals surface area (Å²) in [6.07, 6.45) is 0. The van der Waals surface area contributed by atoms with Gasteiger partial charge in [-0.3, -0.25) is 0 Å². The van der Waals surface area contributed by atoms with Gasteiger partial charge in [0.15, 0.2) is 0 Å². The number of benzene rings is 6. The van der Waals surface area contributed by atoms with Gasteiger partial charge in [0, 0.05) is 22.2 Å². The van der Waals surface area contributed by atoms with Gasteiger partial charge in [-0.15, -0.1) is 0 Å². The fourth-order valence-electron chi connectivity index (χ4n) is 7.04. The van der Waals surface area contributed by atoms with Crippen LogP contribution >= 0.6 is 0 Å². The lowest BCUT2D eigenvalue weighted by atomic mass is 9.65. The maximum atomic E-state index is 6.66. The van der Waals surface area contributed by atoms with Gasteiger partial charge < -0.3 is 14.5 Å². The predicted molar refractivity (Wildman–Crippen MR) is 161 cm³/mol. The lowest BCUT2D eigenvalue weighted by molar-refractivity contribution is 0.437. The summed E-state index contributed by atoms with van der Waals surface area (Å²) in [7, 11) is 0. The second kappa shape index (κ2) is 7.87. The highest BCUT2D eigenvalue weighted by atomic mass is 16.5. The molecule has 2 heterocycles. The van der Waals surface area contributed by atoms with Crippen LogP contribution in [-0.4, -0.2) is 0 Å². The van der Waals surface area contributed by atoms with Crippen molar-refractivity contribution in [2.75, 3.05) is 5.32 Å². The number of ether oxygens (including phenoxy) is 1. The maximum absolute atomic E-state index is 6.66. The fourth-order valence-corrected chi connectivity index (χ4v) is 7.04. The monoisotopic (exact) mass is 513 g/mol. The van der Waals surface area contributed by atoms with Gasteiger partial charge in [0.2, 0.25) is 0 Å². The first kappa shape index (κ1) is 21.6. The van der Waals surface area contributed by atoms with Gasteiger partial charge in [-0.2, -0.15) is 0 Å². The van der Waals surface area contributed by atoms with Crippen LogP contribution in [0.1, 0.15) is 22.3 Å². The highest BCUT2D eigenvalue weighted by Crippen LogP contribution is 2.63. The van der Waals surface area contributed by atoms with Gasteiger partial charge in [-0.1, -0.05) is 97.1 Å². The third-order valence-electron chi connectivity index (χ3n) is 8.54. The Morgan fingerprint density at radius 2 is 1.07 bits per heavy atom. The van der Waals surface area contributed by atoms with E-state index in [1.807, 2.05) is 24.3 Å². The molecule has 2 aliphatic rings. The molecule has 0 amide bonds. The molecule has 1 spiro atoms. The van der Waals surface area contributed by atoms with E-state index in [0.717, 1.165) is 55.9 Å². The minimum atomic E-state index is -0.534. The SMILES string of the molecule is c1ccc2c(c1)Oc1cccc(Nc3cccc4oc5ccccc5c34)c1C21c2ccccc2-c2ccccc21. The molecule has 0 atom stereocenters. The number of hydrogen-bond acceptors (Lipinski definition) is 3. The van der Waals surface area contributed by atoms with Crippen molar-refractivity contribution in [2.45, 2.75) is 5.41 Å². The molecule has 1 N–H and O–H groups in total. The third-order valence-corrected chi connectivity index (χ3v) is 8.54. The summed E-state index contributed by atoms with van der Waals surface area (Å²) in [5.41, 5.74) is 10.6. The number of furan rings is 1. The molecule has 1 aliphatic carbocycles. The molecule has 6 aromatic carbocycles. The second-order valence-corrected chi connectivity index (χ2v) is 10.5. The Morgan fingerprint density at radius 3 is 1.90 bits per heavy atom. The number of fused-ring (bicyclic) bond motifs is 12. The molecule has 0 saturated carbocycles. The van der Waals surface area contributed by atoms with Crippen LogP contribution in [0.5, 0.6) is 11.5 Å². The summed E-state index contributed by atoms with van der Waals surface area (Å²) in [4.78, 5) is 0. The molecule has 7 aromatic rings. The molecule has 9 rings (SSSR count). The summed E-state index contributed by atoms with van der Waals surface area (Å²) < 4.78 is 12.9. The number of nitrogens with one attached hydrogen (secondary N) is 1. The van der Waals surface area contributed by atoms with Gasteiger partial charge >= 0.3 is 0 Å². The molecular formula is C37H23NO2. The highest BCUT2D eigenvalue weighted by molar-refractivity contribution is 6.12. The van der Waals surface area contributed by atoms with E-state index in [2.05, 4.69) is 115 Å². The Labute approximate surface area is 231 Å². The summed E-state index contributed by atoms with van der Waals surface area (Å²) in [6.45, 7) is 0. The van der Waals surface area contributed by atoms with Crippen molar-refractivity contribution in [1.82, 2.24) is 0 Å². The molecule has 40 heavy (non-hydrogen) atoms. The quantitative estimate of drug-likeness (QED) is 0.250. The molecule has 188 valence electrons. The lowest BCUT2D eigenvalue weighted by Crippen LogP contribution is -2.33. The molecule has 3 heteroatoms. The Hall–Kier alpha value is -5.28. The zero-order chi connectivity index (χ0) is 26.3. The molecule has 1 aliphatic heterocycles. The highest BCUT2D eigenvalue weighted by Gasteiger charge is 2.52. The summed E-state index contributed by atoms with van der Waals surface area (Å²) in [5.74, 6) is 1.75. The van der Waals surface area contributed by atoms with E-state index in [0.29, 0.717) is 0 Å². The van der Waals surface area contributed by atoms with Crippen LogP contribution in [0, 0.1) is 0 Å². The summed E-state index contributed by atoms with van der Waals surface area (Å²) >= 11 is 0. The predicted octanol–water partition coefficient (Wildman–Crippen LogP) is 9.80. The van der Waals surface area contributed by atoms with Crippen molar-refractivity contribution < 1.29 is 9.15 Å². The Bertz CT molecular complexity index is 2090. The van der Waals surface area contributed by atoms with Crippen LogP contribution < -0.4 is 10.1 Å². The van der Waals surface area contributed by atoms with Crippen molar-refractivity contribution >= 4 is 33.3 Å². The van der Waals surface area contributed by atoms with Gasteiger partial charge in [-0.25, -0.2) is 0 Å². The van der Waals surface area contributed by atoms with Crippen molar-refractivity contribution in [3.8, 4) is 22.6 Å². The van der Waals surface area contributed by atoms with Gasteiger partial charge in [0.05, 0.1) is 16.5 Å². The average Bonchev–Trinajstić information content (AvgIpc) is 3.53. The van der Waals surface area contributed by atoms with Gasteiger partial charge in [0.1, 0.15) is 22.7 Å². The molecule has 0 bridgehead atoms. The number of para-hydroxylation sites is 2. The lowest BCUT2D eigenvalue weighted by Gasteiger charge is -2.40. The van der Waals surface area contributed by atoms with Crippen molar-refractivity contribution in [3.63, 3.8) is 0 Å². The Kier molecular flexibility index (Phi) is 4.26. The Morgan fingerprint density at radius 1 is 0.475 bits per heavy atom. The first-order chi connectivity index (χ1) is 19.8. The third kappa shape index (κ3) is 2.69. The Balaban J connectivity index is 1.37. The van der Waals surface area contributed by atoms with E-state index < -0.39 is 5.41 Å². The number of anilines is 2. The van der Waals surface area contributed by atoms with Crippen molar-refractivity contribution in [1.29, 1.82) is 0 Å². The average molecular weight is 514 g/mol. The van der Waals surface area contributed by atoms with E-state index in [9.17, 15) is 0 Å². The largest absolute Gasteiger partial charge is 0.457 e. The number of rotatable bonds is 2. The van der Waals surface area contributed by atoms with Crippen LogP contribution in [-0.2, 0) is 5.41 Å². The first-order valence-electron chi connectivity index (χ1n) is 13.6. The zero-order valence-electron chi connectivity index (χ0n) is 21.5. The van der Waals surface area contributed by atoms with Crippen LogP contribution in [0.3, 0.4) is 0 Å². The van der Waals surface area contributed by atoms with E-state index in [1.54, 1.807) is 0 Å². The van der Waals surface area contributed by atoms with E-state index >= 15 is 0 Å². The van der Waals surface area contributed by atoms with Crippen molar-refractivity contribution in [3.05, 3.63) is 156 Å². The van der Waals surface area contributed by atoms with Gasteiger partial charge in [0.25, 0.3) is 0 Å². The zero-order valence-corrected chi connectivity index (χ0v) is 21.5. The first-order valence-corrected chi connectivity index (χ1v) is 13.6. The van der Waals surface area contributed by atoms with Crippen LogP contribution in [0.2, 0.25) is 0 Å². The number of hydrogen-bond donors (Lipinski definition) is 1. The van der Waals surface area contributed by atoms with Crippen LogP contribution in [0.4, 0.5) is 11.4 Å². The molecule has 3 nitrogen and oxygen atoms in total. The topological polar surface area (TPSA) is 34.4 Å². The van der Waals surface area contributed by atoms with Crippen LogP contribution in [0.25, 0.3) is 33.1 Å². The van der Waals surface area contributed by atoms with Gasteiger partial charge in [-0.05, 0) is 58.7 Å².